The lowest BCUT2D eigenvalue weighted by Crippen LogP contribution is -2.18. The highest BCUT2D eigenvalue weighted by Gasteiger charge is 2.15. The molecule has 1 heterocycles. The van der Waals surface area contributed by atoms with Crippen molar-refractivity contribution in [2.45, 2.75) is 32.9 Å². The van der Waals surface area contributed by atoms with Crippen LogP contribution in [0.25, 0.3) is 11.4 Å². The van der Waals surface area contributed by atoms with Crippen LogP contribution < -0.4 is 5.32 Å². The largest absolute Gasteiger partial charge is 0.478 e. The lowest BCUT2D eigenvalue weighted by atomic mass is 10.1. The van der Waals surface area contributed by atoms with Crippen LogP contribution in [0.4, 0.5) is 0 Å². The Bertz CT molecular complexity index is 870. The number of nitrogens with zero attached hydrogens (tertiary/aromatic N) is 2. The highest BCUT2D eigenvalue weighted by atomic mass is 16.5. The summed E-state index contributed by atoms with van der Waals surface area (Å²) in [7, 11) is 0. The van der Waals surface area contributed by atoms with Crippen molar-refractivity contribution in [3.63, 3.8) is 0 Å². The summed E-state index contributed by atoms with van der Waals surface area (Å²) in [5.74, 6) is 0.159. The molecule has 1 unspecified atom stereocenters. The number of nitrogens with one attached hydrogen (secondary N) is 1. The lowest BCUT2D eigenvalue weighted by molar-refractivity contribution is 0.0697. The molecule has 0 aliphatic carbocycles. The number of aromatic carboxylic acids is 1. The number of carboxylic acid groups (broad SMARTS) is 1. The predicted molar refractivity (Wildman–Crippen MR) is 97.8 cm³/mol. The summed E-state index contributed by atoms with van der Waals surface area (Å²) in [6, 6.07) is 14.8. The SMILES string of the molecule is CCc1ccc(-c2noc(C(C)NCc3ccc(C(=O)O)cc3)n2)cc1. The van der Waals surface area contributed by atoms with E-state index >= 15 is 0 Å². The van der Waals surface area contributed by atoms with Crippen LogP contribution in [0, 0.1) is 0 Å². The summed E-state index contributed by atoms with van der Waals surface area (Å²) >= 11 is 0. The van der Waals surface area contributed by atoms with E-state index in [1.807, 2.05) is 19.1 Å². The number of carboxylic acids is 1. The fraction of sp³-hybridized carbons (Fsp3) is 0.250. The van der Waals surface area contributed by atoms with Crippen LogP contribution in [0.3, 0.4) is 0 Å². The Morgan fingerprint density at radius 1 is 1.12 bits per heavy atom. The molecule has 26 heavy (non-hydrogen) atoms. The maximum atomic E-state index is 10.9. The smallest absolute Gasteiger partial charge is 0.335 e. The standard InChI is InChI=1S/C20H21N3O3/c1-3-14-4-8-16(9-5-14)18-22-19(26-23-18)13(2)21-12-15-6-10-17(11-7-15)20(24)25/h4-11,13,21H,3,12H2,1-2H3,(H,24,25). The fourth-order valence-corrected chi connectivity index (χ4v) is 2.54. The molecule has 0 aliphatic heterocycles. The topological polar surface area (TPSA) is 88.2 Å². The minimum absolute atomic E-state index is 0.120. The minimum Gasteiger partial charge on any atom is -0.478 e. The number of aryl methyl sites for hydroxylation is 1. The van der Waals surface area contributed by atoms with Crippen LogP contribution in [0.15, 0.2) is 53.1 Å². The summed E-state index contributed by atoms with van der Waals surface area (Å²) < 4.78 is 5.38. The first-order valence-electron chi connectivity index (χ1n) is 8.55. The third-order valence-electron chi connectivity index (χ3n) is 4.25. The first-order valence-corrected chi connectivity index (χ1v) is 8.55. The van der Waals surface area contributed by atoms with E-state index in [2.05, 4.69) is 34.5 Å². The Hall–Kier alpha value is -2.99. The van der Waals surface area contributed by atoms with Gasteiger partial charge in [0.2, 0.25) is 11.7 Å². The second-order valence-corrected chi connectivity index (χ2v) is 6.11. The third-order valence-corrected chi connectivity index (χ3v) is 4.25. The molecule has 3 aromatic rings. The van der Waals surface area contributed by atoms with Gasteiger partial charge in [0.25, 0.3) is 0 Å². The van der Waals surface area contributed by atoms with Crippen LogP contribution in [0.5, 0.6) is 0 Å². The second kappa shape index (κ2) is 7.93. The molecule has 6 heteroatoms. The lowest BCUT2D eigenvalue weighted by Gasteiger charge is -2.09. The van der Waals surface area contributed by atoms with Gasteiger partial charge in [0.1, 0.15) is 0 Å². The summed E-state index contributed by atoms with van der Waals surface area (Å²) in [6.45, 7) is 4.64. The average Bonchev–Trinajstić information content (AvgIpc) is 3.17. The van der Waals surface area contributed by atoms with Gasteiger partial charge in [0, 0.05) is 12.1 Å². The molecule has 0 fully saturated rings. The minimum atomic E-state index is -0.928. The highest BCUT2D eigenvalue weighted by molar-refractivity contribution is 5.87. The van der Waals surface area contributed by atoms with E-state index in [1.165, 1.54) is 5.56 Å². The molecule has 134 valence electrons. The molecule has 0 amide bonds. The van der Waals surface area contributed by atoms with E-state index in [0.717, 1.165) is 17.5 Å². The van der Waals surface area contributed by atoms with Crippen molar-refractivity contribution in [2.75, 3.05) is 0 Å². The third kappa shape index (κ3) is 4.15. The second-order valence-electron chi connectivity index (χ2n) is 6.11. The molecule has 2 aromatic carbocycles. The first-order chi connectivity index (χ1) is 12.6. The van der Waals surface area contributed by atoms with Gasteiger partial charge in [-0.15, -0.1) is 0 Å². The van der Waals surface area contributed by atoms with Gasteiger partial charge >= 0.3 is 5.97 Å². The molecule has 6 nitrogen and oxygen atoms in total. The number of hydrogen-bond acceptors (Lipinski definition) is 5. The van der Waals surface area contributed by atoms with Gasteiger partial charge in [0.15, 0.2) is 0 Å². The number of rotatable bonds is 7. The molecule has 0 spiro atoms. The summed E-state index contributed by atoms with van der Waals surface area (Å²) in [5, 5.41) is 16.3. The Kier molecular flexibility index (Phi) is 5.43. The van der Waals surface area contributed by atoms with Crippen molar-refractivity contribution in [3.05, 3.63) is 71.1 Å². The summed E-state index contributed by atoms with van der Waals surface area (Å²) in [4.78, 5) is 15.3. The van der Waals surface area contributed by atoms with E-state index in [0.29, 0.717) is 18.3 Å². The van der Waals surface area contributed by atoms with Crippen LogP contribution in [0.2, 0.25) is 0 Å². The van der Waals surface area contributed by atoms with Gasteiger partial charge < -0.3 is 14.9 Å². The fourth-order valence-electron chi connectivity index (χ4n) is 2.54. The van der Waals surface area contributed by atoms with Gasteiger partial charge in [0.05, 0.1) is 11.6 Å². The number of benzene rings is 2. The Morgan fingerprint density at radius 2 is 1.77 bits per heavy atom. The van der Waals surface area contributed by atoms with Gasteiger partial charge in [-0.2, -0.15) is 4.98 Å². The van der Waals surface area contributed by atoms with E-state index in [9.17, 15) is 4.79 Å². The Labute approximate surface area is 151 Å². The molecule has 0 saturated carbocycles. The van der Waals surface area contributed by atoms with E-state index < -0.39 is 5.97 Å². The molecule has 0 saturated heterocycles. The summed E-state index contributed by atoms with van der Waals surface area (Å²) in [5.41, 5.74) is 3.45. The van der Waals surface area contributed by atoms with E-state index in [1.54, 1.807) is 24.3 Å². The zero-order valence-electron chi connectivity index (χ0n) is 14.8. The van der Waals surface area contributed by atoms with Crippen molar-refractivity contribution in [2.24, 2.45) is 0 Å². The molecular weight excluding hydrogens is 330 g/mol. The van der Waals surface area contributed by atoms with Gasteiger partial charge in [-0.25, -0.2) is 4.79 Å². The summed E-state index contributed by atoms with van der Waals surface area (Å²) in [6.07, 6.45) is 0.992. The Balaban J connectivity index is 1.62. The van der Waals surface area contributed by atoms with Crippen molar-refractivity contribution in [3.8, 4) is 11.4 Å². The van der Waals surface area contributed by atoms with Gasteiger partial charge in [-0.1, -0.05) is 48.5 Å². The van der Waals surface area contributed by atoms with Crippen LogP contribution >= 0.6 is 0 Å². The van der Waals surface area contributed by atoms with Gasteiger partial charge in [-0.3, -0.25) is 0 Å². The molecule has 0 aliphatic rings. The molecule has 0 radical (unpaired) electrons. The predicted octanol–water partition coefficient (Wildman–Crippen LogP) is 3.85. The number of aromatic nitrogens is 2. The van der Waals surface area contributed by atoms with Crippen molar-refractivity contribution >= 4 is 5.97 Å². The molecule has 3 rings (SSSR count). The van der Waals surface area contributed by atoms with Crippen molar-refractivity contribution < 1.29 is 14.4 Å². The maximum Gasteiger partial charge on any atom is 0.335 e. The zero-order valence-corrected chi connectivity index (χ0v) is 14.8. The first kappa shape index (κ1) is 17.8. The van der Waals surface area contributed by atoms with E-state index in [-0.39, 0.29) is 11.6 Å². The van der Waals surface area contributed by atoms with Crippen molar-refractivity contribution in [1.82, 2.24) is 15.5 Å². The Morgan fingerprint density at radius 3 is 2.38 bits per heavy atom. The maximum absolute atomic E-state index is 10.9. The molecule has 1 atom stereocenters. The number of hydrogen-bond donors (Lipinski definition) is 2. The molecule has 2 N–H and O–H groups in total. The number of carbonyl (C=O) groups is 1. The van der Waals surface area contributed by atoms with Crippen molar-refractivity contribution in [1.29, 1.82) is 0 Å². The molecule has 0 bridgehead atoms. The molecular formula is C20H21N3O3. The van der Waals surface area contributed by atoms with Crippen LogP contribution in [-0.2, 0) is 13.0 Å². The van der Waals surface area contributed by atoms with Crippen LogP contribution in [-0.4, -0.2) is 21.2 Å². The molecule has 1 aromatic heterocycles. The average molecular weight is 351 g/mol. The normalized spacial score (nSPS) is 12.1. The quantitative estimate of drug-likeness (QED) is 0.672. The van der Waals surface area contributed by atoms with Gasteiger partial charge in [-0.05, 0) is 36.6 Å². The van der Waals surface area contributed by atoms with Crippen LogP contribution in [0.1, 0.15) is 47.3 Å². The van der Waals surface area contributed by atoms with E-state index in [4.69, 9.17) is 9.63 Å². The monoisotopic (exact) mass is 351 g/mol. The zero-order chi connectivity index (χ0) is 18.5. The highest BCUT2D eigenvalue weighted by Crippen LogP contribution is 2.19.